The Hall–Kier alpha value is -4.91. The van der Waals surface area contributed by atoms with Crippen molar-refractivity contribution in [3.8, 4) is 17.2 Å². The zero-order valence-electron chi connectivity index (χ0n) is 23.0. The molecule has 0 aliphatic carbocycles. The number of hydrogen-bond acceptors (Lipinski definition) is 9. The summed E-state index contributed by atoms with van der Waals surface area (Å²) in [7, 11) is 2.98. The topological polar surface area (TPSA) is 134 Å². The van der Waals surface area contributed by atoms with Crippen LogP contribution in [0.5, 0.6) is 11.5 Å². The molecule has 0 fully saturated rings. The van der Waals surface area contributed by atoms with Gasteiger partial charge in [0, 0.05) is 16.9 Å². The van der Waals surface area contributed by atoms with Gasteiger partial charge in [-0.2, -0.15) is 0 Å². The molecule has 0 spiro atoms. The predicted molar refractivity (Wildman–Crippen MR) is 154 cm³/mol. The van der Waals surface area contributed by atoms with Crippen molar-refractivity contribution in [1.29, 1.82) is 0 Å². The molecule has 1 heterocycles. The van der Waals surface area contributed by atoms with Gasteiger partial charge in [-0.25, -0.2) is 9.18 Å². The van der Waals surface area contributed by atoms with Crippen LogP contribution in [0.2, 0.25) is 0 Å². The number of nitrogens with one attached hydrogen (secondary N) is 2. The maximum absolute atomic E-state index is 13.7. The van der Waals surface area contributed by atoms with E-state index >= 15 is 0 Å². The summed E-state index contributed by atoms with van der Waals surface area (Å²) in [6.07, 6.45) is 0. The second-order valence-electron chi connectivity index (χ2n) is 8.60. The highest BCUT2D eigenvalue weighted by Gasteiger charge is 2.18. The van der Waals surface area contributed by atoms with E-state index < -0.39 is 11.8 Å². The fourth-order valence-electron chi connectivity index (χ4n) is 3.83. The number of rotatable bonds is 12. The van der Waals surface area contributed by atoms with Crippen molar-refractivity contribution in [2.24, 2.45) is 0 Å². The molecule has 1 aromatic heterocycles. The van der Waals surface area contributed by atoms with Gasteiger partial charge in [0.15, 0.2) is 22.5 Å². The van der Waals surface area contributed by atoms with Crippen LogP contribution in [0.3, 0.4) is 0 Å². The van der Waals surface area contributed by atoms with Crippen molar-refractivity contribution in [3.63, 3.8) is 0 Å². The van der Waals surface area contributed by atoms with Crippen LogP contribution in [-0.2, 0) is 16.1 Å². The SMILES string of the molecule is CCOC(=O)c1ccc(NC(=O)CSc2nnc(CNC(=O)c3ccc(OC)c(OC)c3)n2-c2ccc(F)cc2)cc1. The molecule has 4 aromatic rings. The van der Waals surface area contributed by atoms with Crippen LogP contribution in [0, 0.1) is 5.82 Å². The van der Waals surface area contributed by atoms with Gasteiger partial charge in [-0.15, -0.1) is 10.2 Å². The highest BCUT2D eigenvalue weighted by Crippen LogP contribution is 2.28. The van der Waals surface area contributed by atoms with Gasteiger partial charge in [-0.05, 0) is 73.7 Å². The Bertz CT molecular complexity index is 1560. The molecule has 4 rings (SSSR count). The smallest absolute Gasteiger partial charge is 0.338 e. The van der Waals surface area contributed by atoms with Crippen LogP contribution in [0.4, 0.5) is 10.1 Å². The van der Waals surface area contributed by atoms with E-state index in [-0.39, 0.29) is 30.7 Å². The molecule has 0 atom stereocenters. The van der Waals surface area contributed by atoms with Gasteiger partial charge < -0.3 is 24.8 Å². The Morgan fingerprint density at radius 1 is 0.905 bits per heavy atom. The Labute approximate surface area is 245 Å². The van der Waals surface area contributed by atoms with Crippen molar-refractivity contribution >= 4 is 35.2 Å². The standard InChI is InChI=1S/C29H28FN5O6S/c1-4-41-28(38)18-5-10-21(11-6-18)32-26(36)17-42-29-34-33-25(35(29)22-12-8-20(30)9-13-22)16-31-27(37)19-7-14-23(39-2)24(15-19)40-3/h5-15H,4,16-17H2,1-3H3,(H,31,37)(H,32,36). The van der Waals surface area contributed by atoms with Gasteiger partial charge in [0.25, 0.3) is 5.91 Å². The number of carbonyl (C=O) groups is 3. The molecule has 0 bridgehead atoms. The minimum absolute atomic E-state index is 0.00285. The van der Waals surface area contributed by atoms with Gasteiger partial charge >= 0.3 is 5.97 Å². The van der Waals surface area contributed by atoms with E-state index in [1.165, 1.54) is 26.4 Å². The van der Waals surface area contributed by atoms with E-state index in [2.05, 4.69) is 20.8 Å². The van der Waals surface area contributed by atoms with Crippen LogP contribution in [0.25, 0.3) is 5.69 Å². The van der Waals surface area contributed by atoms with Gasteiger partial charge in [0.1, 0.15) is 5.82 Å². The molecule has 0 aliphatic rings. The van der Waals surface area contributed by atoms with Crippen LogP contribution < -0.4 is 20.1 Å². The number of aromatic nitrogens is 3. The summed E-state index contributed by atoms with van der Waals surface area (Å²) in [6.45, 7) is 1.99. The van der Waals surface area contributed by atoms with Gasteiger partial charge in [0.2, 0.25) is 5.91 Å². The summed E-state index contributed by atoms with van der Waals surface area (Å²) in [5, 5.41) is 14.3. The van der Waals surface area contributed by atoms with Gasteiger partial charge in [0.05, 0.1) is 38.7 Å². The Morgan fingerprint density at radius 2 is 1.60 bits per heavy atom. The number of nitrogens with zero attached hydrogens (tertiary/aromatic N) is 3. The molecule has 11 nitrogen and oxygen atoms in total. The average molecular weight is 594 g/mol. The number of ether oxygens (including phenoxy) is 3. The molecular weight excluding hydrogens is 565 g/mol. The van der Waals surface area contributed by atoms with E-state index in [1.807, 2.05) is 0 Å². The zero-order valence-corrected chi connectivity index (χ0v) is 23.9. The lowest BCUT2D eigenvalue weighted by molar-refractivity contribution is -0.113. The number of anilines is 1. The molecule has 0 unspecified atom stereocenters. The first-order chi connectivity index (χ1) is 20.3. The van der Waals surface area contributed by atoms with Crippen molar-refractivity contribution in [3.05, 3.63) is 89.5 Å². The first kappa shape index (κ1) is 30.1. The fourth-order valence-corrected chi connectivity index (χ4v) is 4.60. The number of hydrogen-bond donors (Lipinski definition) is 2. The fraction of sp³-hybridized carbons (Fsp3) is 0.207. The summed E-state index contributed by atoms with van der Waals surface area (Å²) in [6, 6.07) is 16.8. The minimum atomic E-state index is -0.443. The molecule has 2 amide bonds. The minimum Gasteiger partial charge on any atom is -0.493 e. The number of methoxy groups -OCH3 is 2. The maximum atomic E-state index is 13.7. The first-order valence-electron chi connectivity index (χ1n) is 12.7. The first-order valence-corrected chi connectivity index (χ1v) is 13.7. The van der Waals surface area contributed by atoms with E-state index in [4.69, 9.17) is 14.2 Å². The summed E-state index contributed by atoms with van der Waals surface area (Å²) in [5.74, 6) is -0.312. The molecule has 3 aromatic carbocycles. The molecular formula is C29H28FN5O6S. The lowest BCUT2D eigenvalue weighted by atomic mass is 10.2. The molecule has 13 heteroatoms. The second kappa shape index (κ2) is 14.1. The molecule has 0 saturated carbocycles. The van der Waals surface area contributed by atoms with E-state index in [1.54, 1.807) is 66.1 Å². The van der Waals surface area contributed by atoms with Crippen LogP contribution in [-0.4, -0.2) is 59.1 Å². The number of halogens is 1. The third-order valence-electron chi connectivity index (χ3n) is 5.85. The Kier molecular flexibility index (Phi) is 10.1. The lowest BCUT2D eigenvalue weighted by Gasteiger charge is -2.12. The quantitative estimate of drug-likeness (QED) is 0.183. The third-order valence-corrected chi connectivity index (χ3v) is 6.78. The largest absolute Gasteiger partial charge is 0.493 e. The Morgan fingerprint density at radius 3 is 2.26 bits per heavy atom. The normalized spacial score (nSPS) is 10.6. The number of thioether (sulfide) groups is 1. The number of amides is 2. The summed E-state index contributed by atoms with van der Waals surface area (Å²) in [5.41, 5.74) is 1.78. The third kappa shape index (κ3) is 7.43. The number of esters is 1. The van der Waals surface area contributed by atoms with Gasteiger partial charge in [-0.3, -0.25) is 14.2 Å². The van der Waals surface area contributed by atoms with Crippen molar-refractivity contribution < 1.29 is 33.0 Å². The summed E-state index contributed by atoms with van der Waals surface area (Å²) in [4.78, 5) is 37.4. The highest BCUT2D eigenvalue weighted by atomic mass is 32.2. The average Bonchev–Trinajstić information content (AvgIpc) is 3.42. The highest BCUT2D eigenvalue weighted by molar-refractivity contribution is 7.99. The van der Waals surface area contributed by atoms with Crippen LogP contribution in [0.15, 0.2) is 71.9 Å². The van der Waals surface area contributed by atoms with E-state index in [0.717, 1.165) is 11.8 Å². The van der Waals surface area contributed by atoms with Gasteiger partial charge in [-0.1, -0.05) is 11.8 Å². The van der Waals surface area contributed by atoms with E-state index in [9.17, 15) is 18.8 Å². The molecule has 0 saturated heterocycles. The number of benzene rings is 3. The molecule has 218 valence electrons. The number of carbonyl (C=O) groups excluding carboxylic acids is 3. The van der Waals surface area contributed by atoms with Crippen molar-refractivity contribution in [2.45, 2.75) is 18.6 Å². The molecule has 0 radical (unpaired) electrons. The second-order valence-corrected chi connectivity index (χ2v) is 9.54. The Balaban J connectivity index is 1.46. The van der Waals surface area contributed by atoms with Crippen molar-refractivity contribution in [1.82, 2.24) is 20.1 Å². The van der Waals surface area contributed by atoms with E-state index in [0.29, 0.717) is 45.0 Å². The summed E-state index contributed by atoms with van der Waals surface area (Å²) >= 11 is 1.11. The molecule has 0 aliphatic heterocycles. The molecule has 2 N–H and O–H groups in total. The lowest BCUT2D eigenvalue weighted by Crippen LogP contribution is -2.24. The van der Waals surface area contributed by atoms with Crippen LogP contribution >= 0.6 is 11.8 Å². The zero-order chi connectivity index (χ0) is 30.1. The summed E-state index contributed by atoms with van der Waals surface area (Å²) < 4.78 is 30.7. The maximum Gasteiger partial charge on any atom is 0.338 e. The molecule has 42 heavy (non-hydrogen) atoms. The predicted octanol–water partition coefficient (Wildman–Crippen LogP) is 4.26. The monoisotopic (exact) mass is 593 g/mol. The van der Waals surface area contributed by atoms with Crippen LogP contribution in [0.1, 0.15) is 33.5 Å². The van der Waals surface area contributed by atoms with Crippen molar-refractivity contribution in [2.75, 3.05) is 31.9 Å².